The summed E-state index contributed by atoms with van der Waals surface area (Å²) in [7, 11) is -4.03. The normalized spacial score (nSPS) is 13.0. The van der Waals surface area contributed by atoms with Crippen molar-refractivity contribution >= 4 is 33.2 Å². The van der Waals surface area contributed by atoms with Crippen molar-refractivity contribution in [3.63, 3.8) is 0 Å². The minimum Gasteiger partial charge on any atom is -0.482 e. The molecule has 0 aliphatic carbocycles. The van der Waals surface area contributed by atoms with Crippen LogP contribution in [0.4, 0.5) is 11.4 Å². The Balaban J connectivity index is 1.56. The fraction of sp³-hybridized carbons (Fsp3) is 0.100. The summed E-state index contributed by atoms with van der Waals surface area (Å²) in [5.74, 6) is 0.116. The highest BCUT2D eigenvalue weighted by molar-refractivity contribution is 7.92. The zero-order valence-electron chi connectivity index (χ0n) is 15.5. The van der Waals surface area contributed by atoms with E-state index in [4.69, 9.17) is 9.15 Å². The molecule has 0 radical (unpaired) electrons. The van der Waals surface area contributed by atoms with Gasteiger partial charge in [-0.05, 0) is 42.5 Å². The molecule has 0 atom stereocenters. The maximum atomic E-state index is 12.9. The molecule has 0 saturated carbocycles. The Kier molecular flexibility index (Phi) is 5.15. The smallest absolute Gasteiger partial charge is 0.262 e. The van der Waals surface area contributed by atoms with Gasteiger partial charge in [-0.2, -0.15) is 0 Å². The first-order valence-corrected chi connectivity index (χ1v) is 10.4. The van der Waals surface area contributed by atoms with E-state index in [1.807, 2.05) is 0 Å². The Hall–Kier alpha value is -3.79. The SMILES string of the molecule is O=C1COc2ccc(S(=O)(=O)Nc3ccccc3C(=O)NCc3ccco3)cc2N1. The van der Waals surface area contributed by atoms with Crippen molar-refractivity contribution in [3.05, 3.63) is 72.2 Å². The molecule has 0 fully saturated rings. The maximum Gasteiger partial charge on any atom is 0.262 e. The second-order valence-electron chi connectivity index (χ2n) is 6.41. The van der Waals surface area contributed by atoms with Gasteiger partial charge in [0.1, 0.15) is 11.5 Å². The van der Waals surface area contributed by atoms with Crippen LogP contribution >= 0.6 is 0 Å². The number of rotatable bonds is 6. The van der Waals surface area contributed by atoms with Crippen LogP contribution in [0.5, 0.6) is 5.75 Å². The number of hydrogen-bond acceptors (Lipinski definition) is 6. The summed E-state index contributed by atoms with van der Waals surface area (Å²) in [6.07, 6.45) is 1.50. The largest absolute Gasteiger partial charge is 0.482 e. The van der Waals surface area contributed by atoms with Crippen LogP contribution in [0.15, 0.2) is 70.2 Å². The summed E-state index contributed by atoms with van der Waals surface area (Å²) in [5.41, 5.74) is 0.535. The molecule has 0 unspecified atom stereocenters. The lowest BCUT2D eigenvalue weighted by Gasteiger charge is -2.19. The zero-order chi connectivity index (χ0) is 21.1. The van der Waals surface area contributed by atoms with E-state index in [9.17, 15) is 18.0 Å². The predicted octanol–water partition coefficient (Wildman–Crippen LogP) is 2.34. The van der Waals surface area contributed by atoms with Crippen molar-refractivity contribution < 1.29 is 27.2 Å². The van der Waals surface area contributed by atoms with E-state index < -0.39 is 15.9 Å². The van der Waals surface area contributed by atoms with Crippen LogP contribution in [-0.2, 0) is 21.4 Å². The summed E-state index contributed by atoms with van der Waals surface area (Å²) in [5, 5.41) is 5.25. The molecule has 10 heteroatoms. The first-order valence-electron chi connectivity index (χ1n) is 8.91. The van der Waals surface area contributed by atoms with Gasteiger partial charge in [0.2, 0.25) is 0 Å². The fourth-order valence-electron chi connectivity index (χ4n) is 2.88. The number of fused-ring (bicyclic) bond motifs is 1. The lowest BCUT2D eigenvalue weighted by atomic mass is 10.1. The van der Waals surface area contributed by atoms with E-state index >= 15 is 0 Å². The van der Waals surface area contributed by atoms with Crippen LogP contribution < -0.4 is 20.1 Å². The van der Waals surface area contributed by atoms with E-state index in [-0.39, 0.29) is 40.9 Å². The number of nitrogens with one attached hydrogen (secondary N) is 3. The lowest BCUT2D eigenvalue weighted by molar-refractivity contribution is -0.118. The van der Waals surface area contributed by atoms with E-state index in [0.717, 1.165) is 0 Å². The topological polar surface area (TPSA) is 127 Å². The van der Waals surface area contributed by atoms with Crippen LogP contribution in [0, 0.1) is 0 Å². The van der Waals surface area contributed by atoms with Gasteiger partial charge in [-0.15, -0.1) is 0 Å². The average molecular weight is 427 g/mol. The number of anilines is 2. The standard InChI is InChI=1S/C20H17N3O6S/c24-19-12-29-18-8-7-14(10-17(18)22-19)30(26,27)23-16-6-2-1-5-15(16)20(25)21-11-13-4-3-9-28-13/h1-10,23H,11-12H2,(H,21,25)(H,22,24). The van der Waals surface area contributed by atoms with Gasteiger partial charge in [0.05, 0.1) is 34.6 Å². The van der Waals surface area contributed by atoms with E-state index in [1.165, 1.54) is 36.6 Å². The number of furan rings is 1. The Morgan fingerprint density at radius 3 is 2.73 bits per heavy atom. The van der Waals surface area contributed by atoms with E-state index in [1.54, 1.807) is 24.3 Å². The first-order chi connectivity index (χ1) is 14.4. The van der Waals surface area contributed by atoms with E-state index in [2.05, 4.69) is 15.4 Å². The summed E-state index contributed by atoms with van der Waals surface area (Å²) in [6.45, 7) is 0.0370. The van der Waals surface area contributed by atoms with Crippen LogP contribution in [0.1, 0.15) is 16.1 Å². The molecule has 30 heavy (non-hydrogen) atoms. The second kappa shape index (κ2) is 7.91. The van der Waals surface area contributed by atoms with Crippen molar-refractivity contribution in [2.75, 3.05) is 16.6 Å². The number of amides is 2. The van der Waals surface area contributed by atoms with Gasteiger partial charge in [-0.1, -0.05) is 12.1 Å². The first kappa shape index (κ1) is 19.5. The number of sulfonamides is 1. The van der Waals surface area contributed by atoms with Crippen LogP contribution in [0.2, 0.25) is 0 Å². The number of benzene rings is 2. The summed E-state index contributed by atoms with van der Waals surface area (Å²) < 4.78 is 38.6. The van der Waals surface area contributed by atoms with Crippen molar-refractivity contribution in [1.82, 2.24) is 5.32 Å². The Labute approximate surface area is 172 Å². The third-order valence-corrected chi connectivity index (χ3v) is 5.68. The molecular formula is C20H17N3O6S. The molecule has 4 rings (SSSR count). The number of carbonyl (C=O) groups is 2. The third kappa shape index (κ3) is 4.13. The predicted molar refractivity (Wildman–Crippen MR) is 108 cm³/mol. The minimum atomic E-state index is -4.03. The molecule has 154 valence electrons. The molecule has 0 saturated heterocycles. The Bertz CT molecular complexity index is 1210. The highest BCUT2D eigenvalue weighted by atomic mass is 32.2. The van der Waals surface area contributed by atoms with Crippen molar-refractivity contribution in [1.29, 1.82) is 0 Å². The maximum absolute atomic E-state index is 12.9. The molecule has 3 aromatic rings. The van der Waals surface area contributed by atoms with Crippen LogP contribution in [-0.4, -0.2) is 26.8 Å². The van der Waals surface area contributed by atoms with E-state index in [0.29, 0.717) is 11.5 Å². The number of ether oxygens (including phenoxy) is 1. The molecule has 0 bridgehead atoms. The quantitative estimate of drug-likeness (QED) is 0.554. The molecule has 0 spiro atoms. The van der Waals surface area contributed by atoms with Crippen molar-refractivity contribution in [2.45, 2.75) is 11.4 Å². The fourth-order valence-corrected chi connectivity index (χ4v) is 3.98. The highest BCUT2D eigenvalue weighted by Gasteiger charge is 2.22. The molecule has 2 aromatic carbocycles. The van der Waals surface area contributed by atoms with Gasteiger partial charge in [0.15, 0.2) is 6.61 Å². The molecule has 3 N–H and O–H groups in total. The van der Waals surface area contributed by atoms with Gasteiger partial charge in [0.25, 0.3) is 21.8 Å². The molecular weight excluding hydrogens is 410 g/mol. The zero-order valence-corrected chi connectivity index (χ0v) is 16.4. The molecule has 1 aliphatic heterocycles. The molecule has 9 nitrogen and oxygen atoms in total. The monoisotopic (exact) mass is 427 g/mol. The minimum absolute atomic E-state index is 0.0853. The average Bonchev–Trinajstić information content (AvgIpc) is 3.25. The molecule has 2 heterocycles. The third-order valence-electron chi connectivity index (χ3n) is 4.31. The van der Waals surface area contributed by atoms with Crippen LogP contribution in [0.25, 0.3) is 0 Å². The van der Waals surface area contributed by atoms with Crippen molar-refractivity contribution in [3.8, 4) is 5.75 Å². The summed E-state index contributed by atoms with van der Waals surface area (Å²) >= 11 is 0. The van der Waals surface area contributed by atoms with Gasteiger partial charge in [-0.25, -0.2) is 8.42 Å². The Morgan fingerprint density at radius 1 is 1.10 bits per heavy atom. The molecule has 1 aromatic heterocycles. The number of para-hydroxylation sites is 1. The van der Waals surface area contributed by atoms with Gasteiger partial charge >= 0.3 is 0 Å². The molecule has 1 aliphatic rings. The summed E-state index contributed by atoms with van der Waals surface area (Å²) in [4.78, 5) is 24.0. The van der Waals surface area contributed by atoms with Crippen LogP contribution in [0.3, 0.4) is 0 Å². The van der Waals surface area contributed by atoms with Gasteiger partial charge in [-0.3, -0.25) is 14.3 Å². The Morgan fingerprint density at radius 2 is 1.93 bits per heavy atom. The van der Waals surface area contributed by atoms with Gasteiger partial charge < -0.3 is 19.8 Å². The highest BCUT2D eigenvalue weighted by Crippen LogP contribution is 2.31. The van der Waals surface area contributed by atoms with Crippen molar-refractivity contribution in [2.24, 2.45) is 0 Å². The number of carbonyl (C=O) groups excluding carboxylic acids is 2. The molecule has 2 amide bonds. The lowest BCUT2D eigenvalue weighted by Crippen LogP contribution is -2.26. The van der Waals surface area contributed by atoms with Gasteiger partial charge in [0, 0.05) is 0 Å². The second-order valence-corrected chi connectivity index (χ2v) is 8.09. The summed E-state index contributed by atoms with van der Waals surface area (Å²) in [6, 6.07) is 13.8. The number of hydrogen-bond donors (Lipinski definition) is 3.